The average Bonchev–Trinajstić information content (AvgIpc) is 2.81. The highest BCUT2D eigenvalue weighted by molar-refractivity contribution is 5.98. The van der Waals surface area contributed by atoms with Gasteiger partial charge in [-0.25, -0.2) is 0 Å². The predicted octanol–water partition coefficient (Wildman–Crippen LogP) is 5.17. The van der Waals surface area contributed by atoms with Crippen LogP contribution in [0.5, 0.6) is 0 Å². The number of hydrogen-bond donors (Lipinski definition) is 1. The summed E-state index contributed by atoms with van der Waals surface area (Å²) in [4.78, 5) is 22.0. The zero-order valence-corrected chi connectivity index (χ0v) is 15.5. The van der Waals surface area contributed by atoms with Crippen molar-refractivity contribution >= 4 is 11.8 Å². The van der Waals surface area contributed by atoms with Crippen LogP contribution in [0.15, 0.2) is 22.8 Å². The summed E-state index contributed by atoms with van der Waals surface area (Å²) in [5, 5.41) is 8.84. The van der Waals surface area contributed by atoms with E-state index in [1.807, 2.05) is 27.7 Å². The Bertz CT molecular complexity index is 519. The summed E-state index contributed by atoms with van der Waals surface area (Å²) in [5.74, 6) is -0.203. The lowest BCUT2D eigenvalue weighted by Gasteiger charge is -1.99. The van der Waals surface area contributed by atoms with E-state index in [0.29, 0.717) is 5.78 Å². The number of aliphatic carboxylic acids is 1. The van der Waals surface area contributed by atoms with E-state index >= 15 is 0 Å². The van der Waals surface area contributed by atoms with E-state index in [2.05, 4.69) is 19.9 Å². The number of hydrogen-bond acceptors (Lipinski definition) is 2. The molecule has 1 N–H and O–H groups in total. The minimum absolute atomic E-state index is 0.0386. The van der Waals surface area contributed by atoms with Crippen LogP contribution >= 0.6 is 0 Å². The lowest BCUT2D eigenvalue weighted by Crippen LogP contribution is -2.02. The first kappa shape index (κ1) is 19.7. The Labute approximate surface area is 140 Å². The molecule has 3 heteroatoms. The normalized spacial score (nSPS) is 24.9. The maximum absolute atomic E-state index is 11.2. The van der Waals surface area contributed by atoms with E-state index in [4.69, 9.17) is 5.11 Å². The summed E-state index contributed by atoms with van der Waals surface area (Å²) >= 11 is 0. The van der Waals surface area contributed by atoms with Crippen molar-refractivity contribution in [1.82, 2.24) is 0 Å². The Balaban J connectivity index is 0.000000231. The van der Waals surface area contributed by atoms with E-state index in [1.54, 1.807) is 0 Å². The maximum atomic E-state index is 11.2. The molecule has 2 aliphatic rings. The molecule has 0 heterocycles. The van der Waals surface area contributed by atoms with Crippen LogP contribution in [-0.2, 0) is 9.59 Å². The zero-order chi connectivity index (χ0) is 17.8. The molecule has 0 aromatic rings. The van der Waals surface area contributed by atoms with Gasteiger partial charge in [0.15, 0.2) is 5.78 Å². The molecule has 0 radical (unpaired) electrons. The molecule has 0 aromatic heterocycles. The molecule has 2 rings (SSSR count). The number of allylic oxidation sites excluding steroid dienone is 4. The Morgan fingerprint density at radius 1 is 1.30 bits per heavy atom. The minimum Gasteiger partial charge on any atom is -0.481 e. The van der Waals surface area contributed by atoms with E-state index in [9.17, 15) is 9.59 Å². The zero-order valence-electron chi connectivity index (χ0n) is 15.5. The molecule has 2 aliphatic carbocycles. The Hall–Kier alpha value is -1.38. The summed E-state index contributed by atoms with van der Waals surface area (Å²) in [7, 11) is 0. The van der Waals surface area contributed by atoms with Crippen LogP contribution < -0.4 is 0 Å². The van der Waals surface area contributed by atoms with Crippen LogP contribution in [0.2, 0.25) is 0 Å². The van der Waals surface area contributed by atoms with Crippen LogP contribution in [0.1, 0.15) is 73.6 Å². The molecule has 0 amide bonds. The largest absolute Gasteiger partial charge is 0.481 e. The molecule has 2 unspecified atom stereocenters. The molecule has 0 bridgehead atoms. The molecular formula is C20H32O3. The fraction of sp³-hybridized carbons (Fsp3) is 0.700. The van der Waals surface area contributed by atoms with Crippen molar-refractivity contribution < 1.29 is 14.7 Å². The standard InChI is InChI=1S/C10H16O2.C10H16O/c1-6(2)5-7-8(9(11)12)10(7,3)4;1-3-4-5-9-8(2)6-7-10(9)11/h5,7-8H,1-4H3,(H,11,12);3-7H2,1-2H3. The molecule has 23 heavy (non-hydrogen) atoms. The molecule has 0 saturated heterocycles. The average molecular weight is 320 g/mol. The number of unbranched alkanes of at least 4 members (excludes halogenated alkanes) is 1. The van der Waals surface area contributed by atoms with Crippen molar-refractivity contribution in [1.29, 1.82) is 0 Å². The monoisotopic (exact) mass is 320 g/mol. The van der Waals surface area contributed by atoms with Crippen LogP contribution in [-0.4, -0.2) is 16.9 Å². The molecule has 1 fully saturated rings. The van der Waals surface area contributed by atoms with Crippen molar-refractivity contribution in [3.8, 4) is 0 Å². The highest BCUT2D eigenvalue weighted by Gasteiger charge is 2.60. The third kappa shape index (κ3) is 5.05. The topological polar surface area (TPSA) is 54.4 Å². The lowest BCUT2D eigenvalue weighted by atomic mass is 10.1. The fourth-order valence-electron chi connectivity index (χ4n) is 3.37. The number of rotatable bonds is 5. The molecule has 1 saturated carbocycles. The molecule has 130 valence electrons. The summed E-state index contributed by atoms with van der Waals surface area (Å²) in [6, 6.07) is 0. The molecule has 3 nitrogen and oxygen atoms in total. The van der Waals surface area contributed by atoms with Crippen LogP contribution in [0.25, 0.3) is 0 Å². The smallest absolute Gasteiger partial charge is 0.307 e. The number of carboxylic acid groups (broad SMARTS) is 1. The van der Waals surface area contributed by atoms with E-state index in [-0.39, 0.29) is 17.3 Å². The lowest BCUT2D eigenvalue weighted by molar-refractivity contribution is -0.139. The van der Waals surface area contributed by atoms with Gasteiger partial charge in [-0.1, -0.05) is 44.4 Å². The number of carbonyl (C=O) groups is 2. The van der Waals surface area contributed by atoms with Gasteiger partial charge in [0.2, 0.25) is 0 Å². The van der Waals surface area contributed by atoms with Gasteiger partial charge in [-0.05, 0) is 56.9 Å². The number of carboxylic acids is 1. The minimum atomic E-state index is -0.664. The second kappa shape index (κ2) is 7.94. The van der Waals surface area contributed by atoms with Crippen LogP contribution in [0.4, 0.5) is 0 Å². The first-order valence-corrected chi connectivity index (χ1v) is 8.72. The number of carbonyl (C=O) groups excluding carboxylic acids is 1. The van der Waals surface area contributed by atoms with E-state index in [0.717, 1.165) is 24.8 Å². The summed E-state index contributed by atoms with van der Waals surface area (Å²) in [6.07, 6.45) is 7.21. The third-order valence-corrected chi connectivity index (χ3v) is 5.05. The molecule has 0 spiro atoms. The van der Waals surface area contributed by atoms with Gasteiger partial charge in [0, 0.05) is 6.42 Å². The van der Waals surface area contributed by atoms with Gasteiger partial charge in [0.25, 0.3) is 0 Å². The van der Waals surface area contributed by atoms with Gasteiger partial charge >= 0.3 is 5.97 Å². The summed E-state index contributed by atoms with van der Waals surface area (Å²) in [5.41, 5.74) is 3.63. The van der Waals surface area contributed by atoms with Crippen molar-refractivity contribution in [2.45, 2.75) is 73.6 Å². The van der Waals surface area contributed by atoms with Crippen molar-refractivity contribution in [3.63, 3.8) is 0 Å². The third-order valence-electron chi connectivity index (χ3n) is 5.05. The van der Waals surface area contributed by atoms with E-state index < -0.39 is 5.97 Å². The molecule has 2 atom stereocenters. The Kier molecular flexibility index (Phi) is 6.79. The Morgan fingerprint density at radius 2 is 1.91 bits per heavy atom. The van der Waals surface area contributed by atoms with Crippen LogP contribution in [0, 0.1) is 17.3 Å². The quantitative estimate of drug-likeness (QED) is 0.711. The van der Waals surface area contributed by atoms with Gasteiger partial charge in [-0.15, -0.1) is 0 Å². The molecule has 0 aliphatic heterocycles. The second-order valence-electron chi connectivity index (χ2n) is 7.69. The van der Waals surface area contributed by atoms with Gasteiger partial charge in [0.1, 0.15) is 0 Å². The number of Topliss-reactive ketones (excluding diaryl/α,β-unsaturated/α-hetero) is 1. The van der Waals surface area contributed by atoms with Gasteiger partial charge in [-0.2, -0.15) is 0 Å². The van der Waals surface area contributed by atoms with Gasteiger partial charge in [0.05, 0.1) is 5.92 Å². The molecule has 0 aromatic carbocycles. The van der Waals surface area contributed by atoms with Crippen molar-refractivity contribution in [3.05, 3.63) is 22.8 Å². The van der Waals surface area contributed by atoms with Crippen molar-refractivity contribution in [2.24, 2.45) is 17.3 Å². The summed E-state index contributed by atoms with van der Waals surface area (Å²) in [6.45, 7) is 12.3. The first-order valence-electron chi connectivity index (χ1n) is 8.72. The van der Waals surface area contributed by atoms with Gasteiger partial charge < -0.3 is 5.11 Å². The summed E-state index contributed by atoms with van der Waals surface area (Å²) < 4.78 is 0. The first-order chi connectivity index (χ1) is 10.6. The van der Waals surface area contributed by atoms with E-state index in [1.165, 1.54) is 24.0 Å². The maximum Gasteiger partial charge on any atom is 0.307 e. The second-order valence-corrected chi connectivity index (χ2v) is 7.69. The van der Waals surface area contributed by atoms with Crippen LogP contribution in [0.3, 0.4) is 0 Å². The predicted molar refractivity (Wildman–Crippen MR) is 94.3 cm³/mol. The highest BCUT2D eigenvalue weighted by Crippen LogP contribution is 2.59. The number of ketones is 1. The van der Waals surface area contributed by atoms with Crippen molar-refractivity contribution in [2.75, 3.05) is 0 Å². The highest BCUT2D eigenvalue weighted by atomic mass is 16.4. The van der Waals surface area contributed by atoms with Gasteiger partial charge in [-0.3, -0.25) is 9.59 Å². The molecular weight excluding hydrogens is 288 g/mol. The SMILES string of the molecule is CC(C)=CC1C(C(=O)O)C1(C)C.CCCCC1=C(C)CCC1=O. The fourth-order valence-corrected chi connectivity index (χ4v) is 3.37. The Morgan fingerprint density at radius 3 is 2.26 bits per heavy atom.